The molecule has 0 aliphatic rings. The van der Waals surface area contributed by atoms with Crippen LogP contribution in [0.5, 0.6) is 0 Å². The summed E-state index contributed by atoms with van der Waals surface area (Å²) in [7, 11) is 0. The van der Waals surface area contributed by atoms with Gasteiger partial charge in [-0.1, -0.05) is 19.9 Å². The maximum Gasteiger partial charge on any atom is 0.340 e. The minimum atomic E-state index is -1.37. The molecule has 4 N–H and O–H groups in total. The summed E-state index contributed by atoms with van der Waals surface area (Å²) in [5, 5.41) is 20.6. The van der Waals surface area contributed by atoms with Crippen LogP contribution in [0.2, 0.25) is 0 Å². The average Bonchev–Trinajstić information content (AvgIpc) is 2.45. The molecule has 5 heteroatoms. The number of nitrogens with two attached hydrogens (primary N) is 1. The van der Waals surface area contributed by atoms with E-state index in [1.807, 2.05) is 0 Å². The molecule has 0 heterocycles. The summed E-state index contributed by atoms with van der Waals surface area (Å²) >= 11 is 0. The molecule has 0 aliphatic carbocycles. The van der Waals surface area contributed by atoms with E-state index >= 15 is 0 Å². The van der Waals surface area contributed by atoms with Gasteiger partial charge in [0.1, 0.15) is 5.60 Å². The van der Waals surface area contributed by atoms with E-state index in [-0.39, 0.29) is 17.9 Å². The first-order valence-electron chi connectivity index (χ1n) is 6.88. The van der Waals surface area contributed by atoms with Crippen LogP contribution in [0.15, 0.2) is 18.2 Å². The molecule has 20 heavy (non-hydrogen) atoms. The number of nitrogen functional groups attached to an aromatic ring is 1. The first kappa shape index (κ1) is 16.5. The fourth-order valence-electron chi connectivity index (χ4n) is 2.20. The molecule has 0 saturated heterocycles. The maximum atomic E-state index is 11.7. The van der Waals surface area contributed by atoms with E-state index in [9.17, 15) is 15.0 Å². The van der Waals surface area contributed by atoms with Crippen molar-refractivity contribution in [2.24, 2.45) is 0 Å². The molecule has 2 atom stereocenters. The second-order valence-corrected chi connectivity index (χ2v) is 4.72. The topological polar surface area (TPSA) is 92.8 Å². The molecule has 0 bridgehead atoms. The largest absolute Gasteiger partial charge is 0.462 e. The number of carbonyl (C=O) groups is 1. The molecule has 5 nitrogen and oxygen atoms in total. The van der Waals surface area contributed by atoms with E-state index < -0.39 is 17.7 Å². The van der Waals surface area contributed by atoms with Crippen LogP contribution < -0.4 is 5.73 Å². The van der Waals surface area contributed by atoms with Crippen molar-refractivity contribution in [3.8, 4) is 0 Å². The average molecular weight is 281 g/mol. The lowest BCUT2D eigenvalue weighted by Crippen LogP contribution is -2.38. The smallest absolute Gasteiger partial charge is 0.340 e. The standard InChI is InChI=1S/C15H23NO4/c1-4-13(17)15(19,5-2)10-7-8-11(12(16)9-10)14(18)20-6-3/h7-9,13,17,19H,4-6,16H2,1-3H3. The molecule has 0 saturated carbocycles. The van der Waals surface area contributed by atoms with Gasteiger partial charge in [0.2, 0.25) is 0 Å². The zero-order valence-electron chi connectivity index (χ0n) is 12.2. The van der Waals surface area contributed by atoms with Crippen LogP contribution in [0.25, 0.3) is 0 Å². The van der Waals surface area contributed by atoms with E-state index in [4.69, 9.17) is 10.5 Å². The number of carbonyl (C=O) groups excluding carboxylic acids is 1. The van der Waals surface area contributed by atoms with Crippen molar-refractivity contribution in [3.63, 3.8) is 0 Å². The highest BCUT2D eigenvalue weighted by molar-refractivity contribution is 5.95. The first-order chi connectivity index (χ1) is 9.40. The Bertz CT molecular complexity index is 475. The predicted molar refractivity (Wildman–Crippen MR) is 77.3 cm³/mol. The van der Waals surface area contributed by atoms with E-state index in [2.05, 4.69) is 0 Å². The number of benzene rings is 1. The minimum absolute atomic E-state index is 0.233. The van der Waals surface area contributed by atoms with Gasteiger partial charge in [0.15, 0.2) is 0 Å². The molecule has 112 valence electrons. The third kappa shape index (κ3) is 3.11. The molecule has 1 aromatic rings. The van der Waals surface area contributed by atoms with Gasteiger partial charge in [-0.15, -0.1) is 0 Å². The van der Waals surface area contributed by atoms with Crippen LogP contribution in [0.4, 0.5) is 5.69 Å². The summed E-state index contributed by atoms with van der Waals surface area (Å²) in [5.74, 6) is -0.493. The summed E-state index contributed by atoms with van der Waals surface area (Å²) in [6.07, 6.45) is -0.121. The Kier molecular flexibility index (Phi) is 5.53. The van der Waals surface area contributed by atoms with Crippen molar-refractivity contribution < 1.29 is 19.7 Å². The number of ether oxygens (including phenoxy) is 1. The van der Waals surface area contributed by atoms with Crippen molar-refractivity contribution in [1.82, 2.24) is 0 Å². The molecule has 0 amide bonds. The van der Waals surface area contributed by atoms with Crippen molar-refractivity contribution in [3.05, 3.63) is 29.3 Å². The highest BCUT2D eigenvalue weighted by Gasteiger charge is 2.35. The maximum absolute atomic E-state index is 11.7. The van der Waals surface area contributed by atoms with Gasteiger partial charge in [0, 0.05) is 5.69 Å². The van der Waals surface area contributed by atoms with Crippen LogP contribution in [-0.4, -0.2) is 28.9 Å². The molecule has 1 rings (SSSR count). The normalized spacial score (nSPS) is 15.4. The fourth-order valence-corrected chi connectivity index (χ4v) is 2.20. The molecule has 0 radical (unpaired) electrons. The third-order valence-corrected chi connectivity index (χ3v) is 3.52. The number of hydrogen-bond acceptors (Lipinski definition) is 5. The lowest BCUT2D eigenvalue weighted by atomic mass is 9.84. The van der Waals surface area contributed by atoms with E-state index in [1.165, 1.54) is 12.1 Å². The van der Waals surface area contributed by atoms with Crippen LogP contribution in [0.3, 0.4) is 0 Å². The van der Waals surface area contributed by atoms with E-state index in [0.29, 0.717) is 18.4 Å². The van der Waals surface area contributed by atoms with Crippen LogP contribution in [0.1, 0.15) is 49.5 Å². The molecule has 0 aromatic heterocycles. The number of rotatable bonds is 6. The quantitative estimate of drug-likeness (QED) is 0.546. The lowest BCUT2D eigenvalue weighted by Gasteiger charge is -2.32. The molecule has 0 spiro atoms. The fraction of sp³-hybridized carbons (Fsp3) is 0.533. The minimum Gasteiger partial charge on any atom is -0.462 e. The Hall–Kier alpha value is -1.59. The number of hydrogen-bond donors (Lipinski definition) is 3. The van der Waals surface area contributed by atoms with Gasteiger partial charge in [0.25, 0.3) is 0 Å². The summed E-state index contributed by atoms with van der Waals surface area (Å²) in [6, 6.07) is 4.64. The second kappa shape index (κ2) is 6.72. The van der Waals surface area contributed by atoms with E-state index in [0.717, 1.165) is 0 Å². The van der Waals surface area contributed by atoms with Gasteiger partial charge in [-0.25, -0.2) is 4.79 Å². The molecular formula is C15H23NO4. The monoisotopic (exact) mass is 281 g/mol. The van der Waals surface area contributed by atoms with Gasteiger partial charge in [-0.05, 0) is 37.5 Å². The van der Waals surface area contributed by atoms with Crippen LogP contribution in [-0.2, 0) is 10.3 Å². The van der Waals surface area contributed by atoms with Gasteiger partial charge in [-0.2, -0.15) is 0 Å². The van der Waals surface area contributed by atoms with Crippen LogP contribution in [0, 0.1) is 0 Å². The number of aliphatic hydroxyl groups is 2. The van der Waals surface area contributed by atoms with E-state index in [1.54, 1.807) is 26.8 Å². The Balaban J connectivity index is 3.16. The Labute approximate surface area is 119 Å². The highest BCUT2D eigenvalue weighted by Crippen LogP contribution is 2.32. The zero-order valence-corrected chi connectivity index (χ0v) is 12.2. The van der Waals surface area contributed by atoms with Crippen LogP contribution >= 0.6 is 0 Å². The summed E-state index contributed by atoms with van der Waals surface area (Å²) in [4.78, 5) is 11.7. The summed E-state index contributed by atoms with van der Waals surface area (Å²) < 4.78 is 4.90. The number of aliphatic hydroxyl groups excluding tert-OH is 1. The SMILES string of the molecule is CCOC(=O)c1ccc(C(O)(CC)C(O)CC)cc1N. The third-order valence-electron chi connectivity index (χ3n) is 3.52. The predicted octanol–water partition coefficient (Wildman–Crippen LogP) is 1.81. The van der Waals surface area contributed by atoms with Gasteiger partial charge >= 0.3 is 5.97 Å². The van der Waals surface area contributed by atoms with Crippen molar-refractivity contribution >= 4 is 11.7 Å². The Morgan fingerprint density at radius 1 is 1.40 bits per heavy atom. The van der Waals surface area contributed by atoms with Crippen molar-refractivity contribution in [2.75, 3.05) is 12.3 Å². The second-order valence-electron chi connectivity index (χ2n) is 4.72. The van der Waals surface area contributed by atoms with Gasteiger partial charge in [-0.3, -0.25) is 0 Å². The summed E-state index contributed by atoms with van der Waals surface area (Å²) in [5.41, 5.74) is 5.48. The number of anilines is 1. The zero-order chi connectivity index (χ0) is 15.3. The molecule has 1 aromatic carbocycles. The molecular weight excluding hydrogens is 258 g/mol. The van der Waals surface area contributed by atoms with Crippen molar-refractivity contribution in [2.45, 2.75) is 45.3 Å². The lowest BCUT2D eigenvalue weighted by molar-refractivity contribution is -0.0843. The first-order valence-corrected chi connectivity index (χ1v) is 6.88. The van der Waals surface area contributed by atoms with Crippen molar-refractivity contribution in [1.29, 1.82) is 0 Å². The summed E-state index contributed by atoms with van der Waals surface area (Å²) in [6.45, 7) is 5.57. The highest BCUT2D eigenvalue weighted by atomic mass is 16.5. The Morgan fingerprint density at radius 3 is 2.50 bits per heavy atom. The molecule has 2 unspecified atom stereocenters. The number of esters is 1. The molecule has 0 aliphatic heterocycles. The Morgan fingerprint density at radius 2 is 2.05 bits per heavy atom. The molecule has 0 fully saturated rings. The van der Waals surface area contributed by atoms with Gasteiger partial charge in [0.05, 0.1) is 18.3 Å². The van der Waals surface area contributed by atoms with Gasteiger partial charge < -0.3 is 20.7 Å².